The maximum Gasteiger partial charge on any atom is 0.321 e. The molecule has 5 rings (SSSR count). The van der Waals surface area contributed by atoms with Gasteiger partial charge in [0.15, 0.2) is 5.54 Å². The molecule has 1 spiro atoms. The Bertz CT molecular complexity index is 1110. The first-order chi connectivity index (χ1) is 12.5. The van der Waals surface area contributed by atoms with Crippen molar-refractivity contribution in [3.63, 3.8) is 0 Å². The Hall–Kier alpha value is -2.64. The summed E-state index contributed by atoms with van der Waals surface area (Å²) in [4.78, 5) is 28.3. The topological polar surface area (TPSA) is 94.2 Å². The van der Waals surface area contributed by atoms with E-state index in [4.69, 9.17) is 0 Å². The van der Waals surface area contributed by atoms with E-state index in [9.17, 15) is 14.7 Å². The van der Waals surface area contributed by atoms with Crippen LogP contribution in [0.5, 0.6) is 0 Å². The second kappa shape index (κ2) is 5.18. The molecular weight excluding hydrogens is 398 g/mol. The Morgan fingerprint density at radius 3 is 2.85 bits per heavy atom. The van der Waals surface area contributed by atoms with Crippen molar-refractivity contribution < 1.29 is 14.7 Å². The number of amides is 1. The molecule has 0 aliphatic carbocycles. The number of halogens is 1. The SMILES string of the molecule is O=C(O)[C@@H]1Cc2c([nH]c3ccccc23)[C@]2(N1)C(=O)Nc1ccc(Br)cc12. The van der Waals surface area contributed by atoms with E-state index in [1.807, 2.05) is 42.5 Å². The van der Waals surface area contributed by atoms with Gasteiger partial charge in [-0.1, -0.05) is 34.1 Å². The van der Waals surface area contributed by atoms with E-state index >= 15 is 0 Å². The first-order valence-corrected chi connectivity index (χ1v) is 9.02. The summed E-state index contributed by atoms with van der Waals surface area (Å²) >= 11 is 3.46. The molecule has 130 valence electrons. The number of carboxylic acid groups (broad SMARTS) is 1. The van der Waals surface area contributed by atoms with Gasteiger partial charge in [-0.15, -0.1) is 0 Å². The van der Waals surface area contributed by atoms with Gasteiger partial charge in [0.2, 0.25) is 0 Å². The van der Waals surface area contributed by atoms with E-state index in [-0.39, 0.29) is 5.91 Å². The summed E-state index contributed by atoms with van der Waals surface area (Å²) in [6.45, 7) is 0. The van der Waals surface area contributed by atoms with Gasteiger partial charge in [-0.05, 0) is 29.8 Å². The Balaban J connectivity index is 1.87. The molecule has 2 aromatic carbocycles. The van der Waals surface area contributed by atoms with Crippen molar-refractivity contribution in [2.45, 2.75) is 18.0 Å². The summed E-state index contributed by atoms with van der Waals surface area (Å²) in [5.41, 5.74) is 2.62. The lowest BCUT2D eigenvalue weighted by Gasteiger charge is -2.36. The molecule has 3 heterocycles. The lowest BCUT2D eigenvalue weighted by atomic mass is 9.79. The van der Waals surface area contributed by atoms with Crippen LogP contribution in [0.25, 0.3) is 10.9 Å². The first kappa shape index (κ1) is 15.6. The van der Waals surface area contributed by atoms with Crippen LogP contribution in [0.15, 0.2) is 46.9 Å². The zero-order chi connectivity index (χ0) is 18.1. The molecule has 2 aliphatic heterocycles. The second-order valence-corrected chi connectivity index (χ2v) is 7.57. The molecule has 26 heavy (non-hydrogen) atoms. The van der Waals surface area contributed by atoms with E-state index in [0.717, 1.165) is 26.5 Å². The molecule has 0 bridgehead atoms. The van der Waals surface area contributed by atoms with Crippen molar-refractivity contribution in [2.75, 3.05) is 5.32 Å². The van der Waals surface area contributed by atoms with Gasteiger partial charge < -0.3 is 15.4 Å². The number of para-hydroxylation sites is 1. The Kier molecular flexibility index (Phi) is 3.11. The fraction of sp³-hybridized carbons (Fsp3) is 0.158. The van der Waals surface area contributed by atoms with E-state index < -0.39 is 17.6 Å². The molecule has 0 saturated heterocycles. The fourth-order valence-corrected chi connectivity index (χ4v) is 4.50. The third kappa shape index (κ3) is 1.89. The average molecular weight is 412 g/mol. The van der Waals surface area contributed by atoms with Crippen LogP contribution in [-0.4, -0.2) is 28.0 Å². The molecule has 3 aromatic rings. The maximum atomic E-state index is 13.1. The van der Waals surface area contributed by atoms with Crippen LogP contribution in [0.2, 0.25) is 0 Å². The highest BCUT2D eigenvalue weighted by molar-refractivity contribution is 9.10. The number of hydrogen-bond acceptors (Lipinski definition) is 3. The molecule has 0 fully saturated rings. The summed E-state index contributed by atoms with van der Waals surface area (Å²) in [7, 11) is 0. The standard InChI is InChI=1S/C19H14BrN3O3/c20-9-5-6-14-12(7-9)19(18(26)22-14)16-11(8-15(23-19)17(24)25)10-3-1-2-4-13(10)21-16/h1-7,15,21,23H,8H2,(H,22,26)(H,24,25)/t15-,19-/m0/s1. The van der Waals surface area contributed by atoms with Crippen LogP contribution in [0.1, 0.15) is 16.8 Å². The molecule has 0 saturated carbocycles. The van der Waals surface area contributed by atoms with Crippen LogP contribution < -0.4 is 10.6 Å². The molecular formula is C19H14BrN3O3. The van der Waals surface area contributed by atoms with Gasteiger partial charge in [0, 0.05) is 33.0 Å². The molecule has 0 unspecified atom stereocenters. The van der Waals surface area contributed by atoms with E-state index in [1.165, 1.54) is 0 Å². The van der Waals surface area contributed by atoms with E-state index in [0.29, 0.717) is 17.8 Å². The van der Waals surface area contributed by atoms with Crippen molar-refractivity contribution in [1.29, 1.82) is 0 Å². The van der Waals surface area contributed by atoms with Crippen LogP contribution in [0.3, 0.4) is 0 Å². The molecule has 7 heteroatoms. The van der Waals surface area contributed by atoms with Crippen molar-refractivity contribution in [3.05, 3.63) is 63.8 Å². The number of anilines is 1. The van der Waals surface area contributed by atoms with Gasteiger partial charge in [-0.3, -0.25) is 14.9 Å². The third-order valence-corrected chi connectivity index (χ3v) is 5.75. The molecule has 1 aromatic heterocycles. The predicted octanol–water partition coefficient (Wildman–Crippen LogP) is 2.73. The van der Waals surface area contributed by atoms with Crippen LogP contribution in [-0.2, 0) is 21.5 Å². The van der Waals surface area contributed by atoms with Crippen LogP contribution in [0.4, 0.5) is 5.69 Å². The predicted molar refractivity (Wildman–Crippen MR) is 100 cm³/mol. The average Bonchev–Trinajstić information content (AvgIpc) is 3.12. The number of aromatic nitrogens is 1. The van der Waals surface area contributed by atoms with Crippen molar-refractivity contribution in [2.24, 2.45) is 0 Å². The highest BCUT2D eigenvalue weighted by Gasteiger charge is 2.55. The lowest BCUT2D eigenvalue weighted by molar-refractivity contribution is -0.140. The zero-order valence-electron chi connectivity index (χ0n) is 13.5. The van der Waals surface area contributed by atoms with E-state index in [2.05, 4.69) is 31.5 Å². The number of fused-ring (bicyclic) bond motifs is 6. The number of carbonyl (C=O) groups is 2. The second-order valence-electron chi connectivity index (χ2n) is 6.66. The Labute approximate surface area is 156 Å². The summed E-state index contributed by atoms with van der Waals surface area (Å²) in [5.74, 6) is -1.25. The van der Waals surface area contributed by atoms with Crippen molar-refractivity contribution in [3.8, 4) is 0 Å². The highest BCUT2D eigenvalue weighted by Crippen LogP contribution is 2.46. The molecule has 0 radical (unpaired) electrons. The normalized spacial score (nSPS) is 23.7. The first-order valence-electron chi connectivity index (χ1n) is 8.23. The van der Waals surface area contributed by atoms with Gasteiger partial charge in [0.25, 0.3) is 5.91 Å². The minimum Gasteiger partial charge on any atom is -0.480 e. The molecule has 4 N–H and O–H groups in total. The van der Waals surface area contributed by atoms with E-state index in [1.54, 1.807) is 0 Å². The van der Waals surface area contributed by atoms with Gasteiger partial charge in [0.1, 0.15) is 6.04 Å². The number of aromatic amines is 1. The highest BCUT2D eigenvalue weighted by atomic mass is 79.9. The quantitative estimate of drug-likeness (QED) is 0.495. The van der Waals surface area contributed by atoms with Crippen molar-refractivity contribution >= 4 is 44.4 Å². The van der Waals surface area contributed by atoms with Gasteiger partial charge in [0.05, 0.1) is 5.69 Å². The molecule has 1 amide bonds. The fourth-order valence-electron chi connectivity index (χ4n) is 4.14. The lowest BCUT2D eigenvalue weighted by Crippen LogP contribution is -2.59. The van der Waals surface area contributed by atoms with Gasteiger partial charge in [-0.2, -0.15) is 0 Å². The number of aliphatic carboxylic acids is 1. The number of carbonyl (C=O) groups excluding carboxylic acids is 1. The smallest absolute Gasteiger partial charge is 0.321 e. The number of hydrogen-bond donors (Lipinski definition) is 4. The number of benzene rings is 2. The minimum absolute atomic E-state index is 0.274. The van der Waals surface area contributed by atoms with Gasteiger partial charge >= 0.3 is 5.97 Å². The Morgan fingerprint density at radius 2 is 2.04 bits per heavy atom. The van der Waals surface area contributed by atoms with Crippen molar-refractivity contribution in [1.82, 2.24) is 10.3 Å². The maximum absolute atomic E-state index is 13.1. The van der Waals surface area contributed by atoms with Crippen LogP contribution in [0, 0.1) is 0 Å². The molecule has 2 aliphatic rings. The molecule has 2 atom stereocenters. The monoisotopic (exact) mass is 411 g/mol. The summed E-state index contributed by atoms with van der Waals surface area (Å²) in [6, 6.07) is 12.4. The summed E-state index contributed by atoms with van der Waals surface area (Å²) < 4.78 is 0.823. The number of carboxylic acids is 1. The summed E-state index contributed by atoms with van der Waals surface area (Å²) in [6.07, 6.45) is 0.313. The number of rotatable bonds is 1. The van der Waals surface area contributed by atoms with Crippen LogP contribution >= 0.6 is 15.9 Å². The Morgan fingerprint density at radius 1 is 1.23 bits per heavy atom. The number of nitrogens with one attached hydrogen (secondary N) is 3. The van der Waals surface area contributed by atoms with Gasteiger partial charge in [-0.25, -0.2) is 0 Å². The zero-order valence-corrected chi connectivity index (χ0v) is 15.1. The summed E-state index contributed by atoms with van der Waals surface area (Å²) in [5, 5.41) is 16.7. The minimum atomic E-state index is -1.26. The molecule has 6 nitrogen and oxygen atoms in total. The largest absolute Gasteiger partial charge is 0.480 e. The third-order valence-electron chi connectivity index (χ3n) is 5.26. The number of H-pyrrole nitrogens is 1.